The Morgan fingerprint density at radius 1 is 0.700 bits per heavy atom. The van der Waals surface area contributed by atoms with E-state index < -0.39 is 17.2 Å². The molecule has 0 N–H and O–H groups in total. The van der Waals surface area contributed by atoms with E-state index in [0.29, 0.717) is 26.4 Å². The van der Waals surface area contributed by atoms with Crippen LogP contribution < -0.4 is 0 Å². The molecule has 7 nitrogen and oxygen atoms in total. The van der Waals surface area contributed by atoms with Crippen molar-refractivity contribution in [1.82, 2.24) is 5.23 Å². The number of nitrogens with zero attached hydrogens (tertiary/aromatic N) is 1. The summed E-state index contributed by atoms with van der Waals surface area (Å²) in [6, 6.07) is -0.0353. The van der Waals surface area contributed by atoms with Gasteiger partial charge in [-0.1, -0.05) is 0 Å². The molecule has 0 rings (SSSR count). The molecule has 0 bridgehead atoms. The summed E-state index contributed by atoms with van der Waals surface area (Å²) in [6.45, 7) is 13.4. The van der Waals surface area contributed by atoms with Crippen molar-refractivity contribution in [3.8, 4) is 0 Å². The van der Waals surface area contributed by atoms with Crippen molar-refractivity contribution in [3.05, 3.63) is 0 Å². The molecular formula is C11H27NO6P2. The van der Waals surface area contributed by atoms with Crippen molar-refractivity contribution in [1.29, 1.82) is 0 Å². The summed E-state index contributed by atoms with van der Waals surface area (Å²) in [6.07, 6.45) is 0. The van der Waals surface area contributed by atoms with Gasteiger partial charge in [0.1, 0.15) is 0 Å². The van der Waals surface area contributed by atoms with Crippen molar-refractivity contribution in [2.75, 3.05) is 26.4 Å². The highest BCUT2D eigenvalue weighted by atomic mass is 31.2. The quantitative estimate of drug-likeness (QED) is 0.371. The number of hydroxylamine groups is 2. The Kier molecular flexibility index (Phi) is 13.6. The monoisotopic (exact) mass is 331 g/mol. The first kappa shape index (κ1) is 20.6. The molecule has 0 unspecified atom stereocenters. The smallest absolute Gasteiger partial charge is 0.311 e. The summed E-state index contributed by atoms with van der Waals surface area (Å²) in [7, 11) is -2.96. The average Bonchev–Trinajstić information content (AvgIpc) is 2.38. The molecule has 0 saturated carbocycles. The zero-order valence-corrected chi connectivity index (χ0v) is 15.0. The molecule has 122 valence electrons. The first-order chi connectivity index (χ1) is 9.58. The Morgan fingerprint density at radius 2 is 1.00 bits per heavy atom. The van der Waals surface area contributed by atoms with Crippen LogP contribution in [0.4, 0.5) is 0 Å². The van der Waals surface area contributed by atoms with E-state index in [1.807, 2.05) is 41.5 Å². The maximum Gasteiger partial charge on any atom is 0.353 e. The van der Waals surface area contributed by atoms with Gasteiger partial charge in [-0.25, -0.2) is 0 Å². The molecule has 0 atom stereocenters. The predicted molar refractivity (Wildman–Crippen MR) is 79.5 cm³/mol. The summed E-state index contributed by atoms with van der Waals surface area (Å²) in [5, 5.41) is 1.33. The van der Waals surface area contributed by atoms with E-state index in [1.54, 1.807) is 0 Å². The third kappa shape index (κ3) is 9.50. The van der Waals surface area contributed by atoms with E-state index in [1.165, 1.54) is 5.23 Å². The number of rotatable bonds is 13. The largest absolute Gasteiger partial charge is 0.353 e. The molecule has 9 heteroatoms. The molecule has 20 heavy (non-hydrogen) atoms. The van der Waals surface area contributed by atoms with E-state index >= 15 is 0 Å². The standard InChI is InChI=1S/C11H27NO6P2/c1-7-13-19(14-8-2)17-12(11(5)6)18-20(15-9-3)16-10-4/h11H,7-10H2,1-6H3. The van der Waals surface area contributed by atoms with Crippen LogP contribution in [-0.2, 0) is 27.3 Å². The lowest BCUT2D eigenvalue weighted by molar-refractivity contribution is -0.287. The van der Waals surface area contributed by atoms with Gasteiger partial charge in [0.15, 0.2) is 0 Å². The zero-order chi connectivity index (χ0) is 15.4. The minimum absolute atomic E-state index is 0.0353. The van der Waals surface area contributed by atoms with Gasteiger partial charge in [-0.2, -0.15) is 9.25 Å². The second-order valence-corrected chi connectivity index (χ2v) is 5.91. The third-order valence-electron chi connectivity index (χ3n) is 1.65. The lowest BCUT2D eigenvalue weighted by Gasteiger charge is -2.28. The average molecular weight is 331 g/mol. The Labute approximate surface area is 124 Å². The normalized spacial score (nSPS) is 12.3. The molecule has 0 aliphatic carbocycles. The van der Waals surface area contributed by atoms with Crippen molar-refractivity contribution in [2.24, 2.45) is 0 Å². The Hall–Kier alpha value is 0.580. The molecule has 0 fully saturated rings. The lowest BCUT2D eigenvalue weighted by atomic mass is 10.4. The molecule has 0 radical (unpaired) electrons. The van der Waals surface area contributed by atoms with Gasteiger partial charge in [0.2, 0.25) is 0 Å². The highest BCUT2D eigenvalue weighted by Crippen LogP contribution is 2.46. The van der Waals surface area contributed by atoms with Gasteiger partial charge in [-0.15, -0.1) is 0 Å². The lowest BCUT2D eigenvalue weighted by Crippen LogP contribution is -2.29. The van der Waals surface area contributed by atoms with Gasteiger partial charge in [-0.3, -0.25) is 0 Å². The molecule has 0 aromatic carbocycles. The van der Waals surface area contributed by atoms with Crippen molar-refractivity contribution >= 4 is 17.2 Å². The highest BCUT2D eigenvalue weighted by molar-refractivity contribution is 7.42. The predicted octanol–water partition coefficient (Wildman–Crippen LogP) is 4.16. The van der Waals surface area contributed by atoms with Gasteiger partial charge >= 0.3 is 17.2 Å². The fraction of sp³-hybridized carbons (Fsp3) is 1.00. The highest BCUT2D eigenvalue weighted by Gasteiger charge is 2.26. The molecule has 0 aliphatic heterocycles. The molecule has 0 heterocycles. The van der Waals surface area contributed by atoms with Crippen molar-refractivity contribution in [2.45, 2.75) is 47.6 Å². The number of hydrogen-bond donors (Lipinski definition) is 0. The Balaban J connectivity index is 4.50. The summed E-state index contributed by atoms with van der Waals surface area (Å²) < 4.78 is 32.8. The van der Waals surface area contributed by atoms with Crippen LogP contribution in [0.25, 0.3) is 0 Å². The molecule has 0 aromatic heterocycles. The minimum Gasteiger partial charge on any atom is -0.311 e. The van der Waals surface area contributed by atoms with Crippen LogP contribution in [0.1, 0.15) is 41.5 Å². The SMILES string of the molecule is CCOP(OCC)ON(OP(OCC)OCC)C(C)C. The molecule has 0 spiro atoms. The van der Waals surface area contributed by atoms with Gasteiger partial charge in [-0.05, 0) is 46.8 Å². The third-order valence-corrected chi connectivity index (χ3v) is 4.12. The second-order valence-electron chi connectivity index (χ2n) is 3.66. The first-order valence-electron chi connectivity index (χ1n) is 6.86. The first-order valence-corrected chi connectivity index (χ1v) is 9.05. The summed E-state index contributed by atoms with van der Waals surface area (Å²) in [5.41, 5.74) is 0. The van der Waals surface area contributed by atoms with Crippen LogP contribution in [-0.4, -0.2) is 37.7 Å². The van der Waals surface area contributed by atoms with Crippen molar-refractivity contribution in [3.63, 3.8) is 0 Å². The van der Waals surface area contributed by atoms with E-state index in [9.17, 15) is 0 Å². The second kappa shape index (κ2) is 13.3. The fourth-order valence-electron chi connectivity index (χ4n) is 0.925. The Bertz CT molecular complexity index is 195. The molecule has 0 amide bonds. The number of hydrogen-bond acceptors (Lipinski definition) is 7. The summed E-state index contributed by atoms with van der Waals surface area (Å²) >= 11 is 0. The van der Waals surface area contributed by atoms with Gasteiger partial charge < -0.3 is 18.1 Å². The molecular weight excluding hydrogens is 304 g/mol. The van der Waals surface area contributed by atoms with Crippen LogP contribution in [0.15, 0.2) is 0 Å². The maximum absolute atomic E-state index is 5.60. The topological polar surface area (TPSA) is 58.6 Å². The van der Waals surface area contributed by atoms with E-state index in [4.69, 9.17) is 27.3 Å². The summed E-state index contributed by atoms with van der Waals surface area (Å²) in [4.78, 5) is 0. The van der Waals surface area contributed by atoms with Gasteiger partial charge in [0.25, 0.3) is 0 Å². The minimum atomic E-state index is -1.48. The fourth-order valence-corrected chi connectivity index (χ4v) is 2.87. The van der Waals surface area contributed by atoms with Crippen LogP contribution in [0.3, 0.4) is 0 Å². The maximum atomic E-state index is 5.60. The van der Waals surface area contributed by atoms with Crippen LogP contribution in [0.2, 0.25) is 0 Å². The molecule has 0 aliphatic rings. The molecule has 0 aromatic rings. The van der Waals surface area contributed by atoms with Crippen LogP contribution in [0, 0.1) is 0 Å². The molecule has 0 saturated heterocycles. The van der Waals surface area contributed by atoms with Gasteiger partial charge in [0.05, 0.1) is 32.5 Å². The zero-order valence-electron chi connectivity index (χ0n) is 13.2. The van der Waals surface area contributed by atoms with Crippen LogP contribution >= 0.6 is 17.2 Å². The van der Waals surface area contributed by atoms with E-state index in [-0.39, 0.29) is 6.04 Å². The Morgan fingerprint density at radius 3 is 1.20 bits per heavy atom. The van der Waals surface area contributed by atoms with Crippen LogP contribution in [0.5, 0.6) is 0 Å². The van der Waals surface area contributed by atoms with Gasteiger partial charge in [0, 0.05) is 0 Å². The summed E-state index contributed by atoms with van der Waals surface area (Å²) in [5.74, 6) is 0. The van der Waals surface area contributed by atoms with Crippen molar-refractivity contribution < 1.29 is 27.3 Å². The van der Waals surface area contributed by atoms with E-state index in [0.717, 1.165) is 0 Å². The van der Waals surface area contributed by atoms with E-state index in [2.05, 4.69) is 0 Å².